The highest BCUT2D eigenvalue weighted by Gasteiger charge is 2.06. The van der Waals surface area contributed by atoms with Crippen LogP contribution in [-0.4, -0.2) is 11.9 Å². The molecule has 4 heteroatoms. The summed E-state index contributed by atoms with van der Waals surface area (Å²) in [6.45, 7) is 2.01. The molecule has 0 aliphatic heterocycles. The van der Waals surface area contributed by atoms with Crippen LogP contribution >= 0.6 is 0 Å². The monoisotopic (exact) mass is 217 g/mol. The summed E-state index contributed by atoms with van der Waals surface area (Å²) in [7, 11) is 0. The lowest BCUT2D eigenvalue weighted by Gasteiger charge is -2.15. The molecule has 0 bridgehead atoms. The summed E-state index contributed by atoms with van der Waals surface area (Å²) in [6, 6.07) is 9.21. The number of rotatable bonds is 5. The molecule has 4 nitrogen and oxygen atoms in total. The van der Waals surface area contributed by atoms with Crippen molar-refractivity contribution < 1.29 is 4.79 Å². The summed E-state index contributed by atoms with van der Waals surface area (Å²) < 4.78 is 0. The molecule has 1 aromatic carbocycles. The van der Waals surface area contributed by atoms with Gasteiger partial charge in [0.05, 0.1) is 12.5 Å². The van der Waals surface area contributed by atoms with E-state index in [1.54, 1.807) is 18.2 Å². The van der Waals surface area contributed by atoms with E-state index in [4.69, 9.17) is 11.0 Å². The summed E-state index contributed by atoms with van der Waals surface area (Å²) in [4.78, 5) is 11.0. The molecule has 84 valence electrons. The fourth-order valence-electron chi connectivity index (χ4n) is 1.41. The number of nitrogens with zero attached hydrogens (tertiary/aromatic N) is 1. The summed E-state index contributed by atoms with van der Waals surface area (Å²) >= 11 is 0. The van der Waals surface area contributed by atoms with Gasteiger partial charge in [0.2, 0.25) is 5.91 Å². The number of primary amides is 1. The van der Waals surface area contributed by atoms with Crippen molar-refractivity contribution in [3.8, 4) is 6.07 Å². The molecular weight excluding hydrogens is 202 g/mol. The first-order chi connectivity index (χ1) is 7.67. The maximum absolute atomic E-state index is 11.0. The number of nitrogens with one attached hydrogen (secondary N) is 1. The van der Waals surface area contributed by atoms with Crippen LogP contribution < -0.4 is 11.1 Å². The van der Waals surface area contributed by atoms with Crippen molar-refractivity contribution >= 4 is 11.6 Å². The number of nitriles is 1. The first-order valence-corrected chi connectivity index (χ1v) is 5.20. The number of carbonyl (C=O) groups is 1. The van der Waals surface area contributed by atoms with Gasteiger partial charge in [0.25, 0.3) is 0 Å². The van der Waals surface area contributed by atoms with Crippen LogP contribution in [0.25, 0.3) is 0 Å². The predicted octanol–water partition coefficient (Wildman–Crippen LogP) is 1.89. The van der Waals surface area contributed by atoms with Crippen molar-refractivity contribution in [3.05, 3.63) is 29.8 Å². The number of nitrogens with two attached hydrogens (primary N) is 1. The van der Waals surface area contributed by atoms with Gasteiger partial charge < -0.3 is 11.1 Å². The van der Waals surface area contributed by atoms with Gasteiger partial charge in [-0.15, -0.1) is 0 Å². The van der Waals surface area contributed by atoms with E-state index >= 15 is 0 Å². The predicted molar refractivity (Wildman–Crippen MR) is 62.9 cm³/mol. The van der Waals surface area contributed by atoms with E-state index in [0.717, 1.165) is 12.1 Å². The molecule has 0 aliphatic carbocycles. The van der Waals surface area contributed by atoms with Gasteiger partial charge in [-0.25, -0.2) is 0 Å². The summed E-state index contributed by atoms with van der Waals surface area (Å²) in [5, 5.41) is 11.8. The van der Waals surface area contributed by atoms with Crippen molar-refractivity contribution in [2.45, 2.75) is 25.8 Å². The number of hydrogen-bond donors (Lipinski definition) is 2. The van der Waals surface area contributed by atoms with Gasteiger partial charge in [-0.1, -0.05) is 13.0 Å². The van der Waals surface area contributed by atoms with Crippen LogP contribution in [0, 0.1) is 11.3 Å². The Balaban J connectivity index is 2.77. The van der Waals surface area contributed by atoms with E-state index in [2.05, 4.69) is 11.4 Å². The minimum Gasteiger partial charge on any atom is -0.381 e. The van der Waals surface area contributed by atoms with Crippen molar-refractivity contribution in [3.63, 3.8) is 0 Å². The molecule has 0 spiro atoms. The lowest BCUT2D eigenvalue weighted by molar-refractivity contribution is 0.100. The van der Waals surface area contributed by atoms with E-state index in [1.165, 1.54) is 0 Å². The van der Waals surface area contributed by atoms with Gasteiger partial charge in [0, 0.05) is 17.3 Å². The first kappa shape index (κ1) is 12.1. The molecular formula is C12H15N3O. The van der Waals surface area contributed by atoms with Crippen LogP contribution in [0.3, 0.4) is 0 Å². The van der Waals surface area contributed by atoms with Crippen molar-refractivity contribution in [1.82, 2.24) is 0 Å². The highest BCUT2D eigenvalue weighted by molar-refractivity contribution is 5.93. The minimum atomic E-state index is -0.447. The highest BCUT2D eigenvalue weighted by atomic mass is 16.1. The Morgan fingerprint density at radius 3 is 2.94 bits per heavy atom. The van der Waals surface area contributed by atoms with Crippen molar-refractivity contribution in [1.29, 1.82) is 5.26 Å². The van der Waals surface area contributed by atoms with Gasteiger partial charge >= 0.3 is 0 Å². The molecule has 0 heterocycles. The Morgan fingerprint density at radius 2 is 2.38 bits per heavy atom. The molecule has 1 atom stereocenters. The Bertz CT molecular complexity index is 409. The molecule has 0 radical (unpaired) electrons. The fourth-order valence-corrected chi connectivity index (χ4v) is 1.41. The Morgan fingerprint density at radius 1 is 1.62 bits per heavy atom. The third-order valence-electron chi connectivity index (χ3n) is 2.35. The lowest BCUT2D eigenvalue weighted by atomic mass is 10.1. The van der Waals surface area contributed by atoms with Crippen LogP contribution in [0.5, 0.6) is 0 Å². The quantitative estimate of drug-likeness (QED) is 0.790. The van der Waals surface area contributed by atoms with E-state index in [0.29, 0.717) is 12.0 Å². The van der Waals surface area contributed by atoms with E-state index in [1.807, 2.05) is 13.0 Å². The standard InChI is InChI=1S/C12H15N3O/c1-2-10(6-7-13)15-11-5-3-4-9(8-11)12(14)16/h3-5,8,10,15H,2,6H2,1H3,(H2,14,16). The molecule has 0 saturated heterocycles. The topological polar surface area (TPSA) is 78.9 Å². The van der Waals surface area contributed by atoms with E-state index in [-0.39, 0.29) is 6.04 Å². The average Bonchev–Trinajstić information content (AvgIpc) is 2.29. The second-order valence-corrected chi connectivity index (χ2v) is 3.56. The summed E-state index contributed by atoms with van der Waals surface area (Å²) in [5.41, 5.74) is 6.47. The molecule has 3 N–H and O–H groups in total. The first-order valence-electron chi connectivity index (χ1n) is 5.20. The number of carbonyl (C=O) groups excluding carboxylic acids is 1. The van der Waals surface area contributed by atoms with Crippen LogP contribution in [0.4, 0.5) is 5.69 Å². The third-order valence-corrected chi connectivity index (χ3v) is 2.35. The number of hydrogen-bond acceptors (Lipinski definition) is 3. The minimum absolute atomic E-state index is 0.105. The second kappa shape index (κ2) is 5.76. The van der Waals surface area contributed by atoms with Crippen molar-refractivity contribution in [2.75, 3.05) is 5.32 Å². The fraction of sp³-hybridized carbons (Fsp3) is 0.333. The van der Waals surface area contributed by atoms with Gasteiger partial charge in [-0.05, 0) is 24.6 Å². The Kier molecular flexibility index (Phi) is 4.34. The van der Waals surface area contributed by atoms with E-state index in [9.17, 15) is 4.79 Å². The lowest BCUT2D eigenvalue weighted by Crippen LogP contribution is -2.18. The molecule has 1 amide bonds. The number of benzene rings is 1. The number of anilines is 1. The number of amides is 1. The maximum atomic E-state index is 11.0. The van der Waals surface area contributed by atoms with E-state index < -0.39 is 5.91 Å². The second-order valence-electron chi connectivity index (χ2n) is 3.56. The van der Waals surface area contributed by atoms with Gasteiger partial charge in [0.15, 0.2) is 0 Å². The van der Waals surface area contributed by atoms with Crippen molar-refractivity contribution in [2.24, 2.45) is 5.73 Å². The molecule has 0 fully saturated rings. The summed E-state index contributed by atoms with van der Waals surface area (Å²) in [6.07, 6.45) is 1.30. The SMILES string of the molecule is CCC(CC#N)Nc1cccc(C(N)=O)c1. The molecule has 16 heavy (non-hydrogen) atoms. The van der Waals surface area contributed by atoms with Crippen LogP contribution in [0.1, 0.15) is 30.1 Å². The zero-order valence-corrected chi connectivity index (χ0v) is 9.23. The highest BCUT2D eigenvalue weighted by Crippen LogP contribution is 2.13. The van der Waals surface area contributed by atoms with Gasteiger partial charge in [-0.3, -0.25) is 4.79 Å². The molecule has 0 aliphatic rings. The largest absolute Gasteiger partial charge is 0.381 e. The smallest absolute Gasteiger partial charge is 0.248 e. The molecule has 1 rings (SSSR count). The average molecular weight is 217 g/mol. The normalized spacial score (nSPS) is 11.5. The molecule has 1 unspecified atom stereocenters. The maximum Gasteiger partial charge on any atom is 0.248 e. The Labute approximate surface area is 95.1 Å². The Hall–Kier alpha value is -2.02. The summed E-state index contributed by atoms with van der Waals surface area (Å²) in [5.74, 6) is -0.447. The molecule has 1 aromatic rings. The van der Waals surface area contributed by atoms with Gasteiger partial charge in [0.1, 0.15) is 0 Å². The van der Waals surface area contributed by atoms with Gasteiger partial charge in [-0.2, -0.15) is 5.26 Å². The molecule has 0 aromatic heterocycles. The van der Waals surface area contributed by atoms with Crippen LogP contribution in [0.2, 0.25) is 0 Å². The third kappa shape index (κ3) is 3.28. The zero-order chi connectivity index (χ0) is 12.0. The van der Waals surface area contributed by atoms with Crippen LogP contribution in [-0.2, 0) is 0 Å². The zero-order valence-electron chi connectivity index (χ0n) is 9.23. The van der Waals surface area contributed by atoms with Crippen LogP contribution in [0.15, 0.2) is 24.3 Å². The molecule has 0 saturated carbocycles.